The summed E-state index contributed by atoms with van der Waals surface area (Å²) >= 11 is 1.29. The van der Waals surface area contributed by atoms with Crippen molar-refractivity contribution in [2.24, 2.45) is 0 Å². The van der Waals surface area contributed by atoms with Gasteiger partial charge in [-0.25, -0.2) is 17.7 Å². The number of hydrogen-bond donors (Lipinski definition) is 1. The van der Waals surface area contributed by atoms with Crippen LogP contribution in [-0.4, -0.2) is 37.2 Å². The summed E-state index contributed by atoms with van der Waals surface area (Å²) in [7, 11) is -1.93. The third-order valence-electron chi connectivity index (χ3n) is 4.02. The minimum atomic E-state index is -3.49. The molecule has 0 saturated carbocycles. The molecule has 0 aliphatic rings. The molecule has 1 aromatic carbocycles. The van der Waals surface area contributed by atoms with Crippen LogP contribution in [0.3, 0.4) is 0 Å². The smallest absolute Gasteiger partial charge is 0.242 e. The fraction of sp³-hybridized carbons (Fsp3) is 0.529. The van der Waals surface area contributed by atoms with E-state index in [0.29, 0.717) is 23.6 Å². The van der Waals surface area contributed by atoms with Gasteiger partial charge in [0.05, 0.1) is 15.1 Å². The highest BCUT2D eigenvalue weighted by molar-refractivity contribution is 7.89. The second-order valence-electron chi connectivity index (χ2n) is 5.93. The first-order chi connectivity index (χ1) is 11.9. The molecule has 25 heavy (non-hydrogen) atoms. The summed E-state index contributed by atoms with van der Waals surface area (Å²) in [6.45, 7) is 4.33. The average Bonchev–Trinajstić information content (AvgIpc) is 2.99. The molecule has 0 fully saturated rings. The van der Waals surface area contributed by atoms with Crippen LogP contribution in [0, 0.1) is 0 Å². The van der Waals surface area contributed by atoms with Crippen LogP contribution in [-0.2, 0) is 14.8 Å². The third kappa shape index (κ3) is 4.99. The van der Waals surface area contributed by atoms with Gasteiger partial charge in [-0.2, -0.15) is 0 Å². The van der Waals surface area contributed by atoms with Gasteiger partial charge in [-0.3, -0.25) is 4.79 Å². The molecule has 2 rings (SSSR count). The molecule has 0 aliphatic carbocycles. The normalized spacial score (nSPS) is 12.0. The highest BCUT2D eigenvalue weighted by Gasteiger charge is 2.20. The fourth-order valence-corrected chi connectivity index (χ4v) is 4.57. The number of benzene rings is 1. The first-order valence-corrected chi connectivity index (χ1v) is 10.8. The molecule has 8 heteroatoms. The van der Waals surface area contributed by atoms with Crippen molar-refractivity contribution in [3.63, 3.8) is 0 Å². The summed E-state index contributed by atoms with van der Waals surface area (Å²) in [5.41, 5.74) is 0.685. The van der Waals surface area contributed by atoms with Gasteiger partial charge in [-0.05, 0) is 24.6 Å². The molecule has 1 aromatic heterocycles. The minimum absolute atomic E-state index is 0.0475. The van der Waals surface area contributed by atoms with Crippen molar-refractivity contribution in [1.82, 2.24) is 9.29 Å². The van der Waals surface area contributed by atoms with E-state index in [4.69, 9.17) is 0 Å². The van der Waals surface area contributed by atoms with Gasteiger partial charge in [0, 0.05) is 20.0 Å². The lowest BCUT2D eigenvalue weighted by Crippen LogP contribution is -2.26. The number of amides is 1. The van der Waals surface area contributed by atoms with Gasteiger partial charge >= 0.3 is 0 Å². The van der Waals surface area contributed by atoms with E-state index in [1.807, 2.05) is 0 Å². The van der Waals surface area contributed by atoms with Crippen LogP contribution in [0.25, 0.3) is 10.2 Å². The highest BCUT2D eigenvalue weighted by atomic mass is 32.2. The molecule has 1 heterocycles. The molecule has 0 unspecified atom stereocenters. The van der Waals surface area contributed by atoms with Gasteiger partial charge in [0.2, 0.25) is 15.9 Å². The largest absolute Gasteiger partial charge is 0.302 e. The maximum Gasteiger partial charge on any atom is 0.242 e. The summed E-state index contributed by atoms with van der Waals surface area (Å²) in [6.07, 6.45) is 4.68. The second kappa shape index (κ2) is 8.73. The Morgan fingerprint density at radius 1 is 1.24 bits per heavy atom. The van der Waals surface area contributed by atoms with E-state index in [2.05, 4.69) is 17.2 Å². The number of rotatable bonds is 9. The van der Waals surface area contributed by atoms with Crippen molar-refractivity contribution in [2.75, 3.05) is 18.9 Å². The number of nitrogens with zero attached hydrogens (tertiary/aromatic N) is 2. The number of anilines is 1. The zero-order chi connectivity index (χ0) is 18.4. The van der Waals surface area contributed by atoms with Crippen LogP contribution in [0.5, 0.6) is 0 Å². The van der Waals surface area contributed by atoms with Gasteiger partial charge < -0.3 is 5.32 Å². The van der Waals surface area contributed by atoms with Gasteiger partial charge in [0.15, 0.2) is 5.13 Å². The molecule has 6 nitrogen and oxygen atoms in total. The van der Waals surface area contributed by atoms with E-state index in [0.717, 1.165) is 30.4 Å². The van der Waals surface area contributed by atoms with Crippen molar-refractivity contribution in [3.05, 3.63) is 18.2 Å². The van der Waals surface area contributed by atoms with E-state index in [9.17, 15) is 13.2 Å². The number of thiazole rings is 1. The number of aromatic nitrogens is 1. The van der Waals surface area contributed by atoms with Crippen LogP contribution in [0.2, 0.25) is 0 Å². The number of carbonyl (C=O) groups excluding carboxylic acids is 1. The average molecular weight is 384 g/mol. The standard InChI is InChI=1S/C17H25N3O3S2/c1-4-6-7-8-9-16(21)19-17-18-14-11-10-13(12-15(14)24-17)25(22,23)20(3)5-2/h10-12H,4-9H2,1-3H3,(H,18,19,21). The molecule has 0 spiro atoms. The van der Waals surface area contributed by atoms with Crippen LogP contribution in [0.1, 0.15) is 46.0 Å². The van der Waals surface area contributed by atoms with Crippen molar-refractivity contribution < 1.29 is 13.2 Å². The Morgan fingerprint density at radius 3 is 2.68 bits per heavy atom. The van der Waals surface area contributed by atoms with E-state index < -0.39 is 10.0 Å². The Bertz CT molecular complexity index is 831. The maximum atomic E-state index is 12.4. The predicted molar refractivity (Wildman–Crippen MR) is 102 cm³/mol. The maximum absolute atomic E-state index is 12.4. The second-order valence-corrected chi connectivity index (χ2v) is 9.00. The number of hydrogen-bond acceptors (Lipinski definition) is 5. The quantitative estimate of drug-likeness (QED) is 0.667. The Morgan fingerprint density at radius 2 is 2.00 bits per heavy atom. The Kier molecular flexibility index (Phi) is 6.92. The molecule has 1 amide bonds. The lowest BCUT2D eigenvalue weighted by Gasteiger charge is -2.14. The third-order valence-corrected chi connectivity index (χ3v) is 6.88. The number of sulfonamides is 1. The number of carbonyl (C=O) groups is 1. The van der Waals surface area contributed by atoms with Crippen LogP contribution < -0.4 is 5.32 Å². The zero-order valence-electron chi connectivity index (χ0n) is 14.9. The zero-order valence-corrected chi connectivity index (χ0v) is 16.5. The monoisotopic (exact) mass is 383 g/mol. The first kappa shape index (κ1) is 19.8. The molecule has 0 aliphatic heterocycles. The molecule has 2 aromatic rings. The molecule has 0 bridgehead atoms. The highest BCUT2D eigenvalue weighted by Crippen LogP contribution is 2.29. The predicted octanol–water partition coefficient (Wildman–Crippen LogP) is 3.85. The minimum Gasteiger partial charge on any atom is -0.302 e. The van der Waals surface area contributed by atoms with Gasteiger partial charge in [-0.1, -0.05) is 44.4 Å². The Labute approximate surface area is 153 Å². The first-order valence-electron chi connectivity index (χ1n) is 8.55. The van der Waals surface area contributed by atoms with Crippen LogP contribution in [0.4, 0.5) is 5.13 Å². The number of unbranched alkanes of at least 4 members (excludes halogenated alkanes) is 3. The van der Waals surface area contributed by atoms with Crippen molar-refractivity contribution in [3.8, 4) is 0 Å². The lowest BCUT2D eigenvalue weighted by atomic mass is 10.1. The van der Waals surface area contributed by atoms with Crippen molar-refractivity contribution in [1.29, 1.82) is 0 Å². The summed E-state index contributed by atoms with van der Waals surface area (Å²) < 4.78 is 26.8. The van der Waals surface area contributed by atoms with Crippen LogP contribution >= 0.6 is 11.3 Å². The molecular weight excluding hydrogens is 358 g/mol. The summed E-state index contributed by atoms with van der Waals surface area (Å²) in [5.74, 6) is -0.0475. The summed E-state index contributed by atoms with van der Waals surface area (Å²) in [4.78, 5) is 16.6. The molecular formula is C17H25N3O3S2. The topological polar surface area (TPSA) is 79.4 Å². The number of fused-ring (bicyclic) bond motifs is 1. The van der Waals surface area contributed by atoms with Gasteiger partial charge in [0.25, 0.3) is 0 Å². The Hall–Kier alpha value is -1.51. The fourth-order valence-electron chi connectivity index (χ4n) is 2.36. The van der Waals surface area contributed by atoms with Crippen LogP contribution in [0.15, 0.2) is 23.1 Å². The van der Waals surface area contributed by atoms with Crippen molar-refractivity contribution >= 4 is 42.6 Å². The van der Waals surface area contributed by atoms with E-state index in [1.165, 1.54) is 15.6 Å². The molecule has 0 radical (unpaired) electrons. The lowest BCUT2D eigenvalue weighted by molar-refractivity contribution is -0.116. The molecule has 0 atom stereocenters. The summed E-state index contributed by atoms with van der Waals surface area (Å²) in [6, 6.07) is 4.85. The molecule has 0 saturated heterocycles. The molecule has 138 valence electrons. The van der Waals surface area contributed by atoms with E-state index in [1.54, 1.807) is 32.2 Å². The van der Waals surface area contributed by atoms with Crippen molar-refractivity contribution in [2.45, 2.75) is 50.8 Å². The Balaban J connectivity index is 2.11. The summed E-state index contributed by atoms with van der Waals surface area (Å²) in [5, 5.41) is 3.32. The number of nitrogens with one attached hydrogen (secondary N) is 1. The molecule has 1 N–H and O–H groups in total. The van der Waals surface area contributed by atoms with E-state index in [-0.39, 0.29) is 10.8 Å². The van der Waals surface area contributed by atoms with Gasteiger partial charge in [-0.15, -0.1) is 0 Å². The SMILES string of the molecule is CCCCCCC(=O)Nc1nc2ccc(S(=O)(=O)N(C)CC)cc2s1. The van der Waals surface area contributed by atoms with Gasteiger partial charge in [0.1, 0.15) is 0 Å². The van der Waals surface area contributed by atoms with E-state index >= 15 is 0 Å².